The highest BCUT2D eigenvalue weighted by atomic mass is 32.2. The van der Waals surface area contributed by atoms with Crippen LogP contribution in [-0.2, 0) is 21.4 Å². The number of carbonyl (C=O) groups is 1. The van der Waals surface area contributed by atoms with Gasteiger partial charge in [-0.05, 0) is 32.6 Å². The zero-order valence-corrected chi connectivity index (χ0v) is 15.7. The highest BCUT2D eigenvalue weighted by Crippen LogP contribution is 2.24. The van der Waals surface area contributed by atoms with Crippen LogP contribution in [0.4, 0.5) is 0 Å². The average Bonchev–Trinajstić information content (AvgIpc) is 3.13. The number of hydrogen-bond donors (Lipinski definition) is 1. The number of rotatable bonds is 5. The number of aryl methyl sites for hydroxylation is 1. The topological polar surface area (TPSA) is 84.3 Å². The molecule has 1 saturated heterocycles. The first-order valence-corrected chi connectivity index (χ1v) is 10.8. The molecular weight excluding hydrogens is 340 g/mol. The summed E-state index contributed by atoms with van der Waals surface area (Å²) >= 11 is 0. The summed E-state index contributed by atoms with van der Waals surface area (Å²) in [5.74, 6) is -0.260. The van der Waals surface area contributed by atoms with Crippen molar-refractivity contribution in [2.24, 2.45) is 5.92 Å². The fourth-order valence-corrected chi connectivity index (χ4v) is 5.18. The molecule has 1 aliphatic carbocycles. The fourth-order valence-electron chi connectivity index (χ4n) is 3.72. The summed E-state index contributed by atoms with van der Waals surface area (Å²) in [5, 5.41) is 3.21. The molecule has 1 saturated carbocycles. The van der Waals surface area contributed by atoms with Gasteiger partial charge in [0.15, 0.2) is 5.03 Å². The molecular formula is C17H28N4O3S. The van der Waals surface area contributed by atoms with Gasteiger partial charge in [0.2, 0.25) is 5.91 Å². The van der Waals surface area contributed by atoms with Crippen LogP contribution < -0.4 is 5.32 Å². The van der Waals surface area contributed by atoms with E-state index in [2.05, 4.69) is 10.3 Å². The zero-order chi connectivity index (χ0) is 17.9. The summed E-state index contributed by atoms with van der Waals surface area (Å²) in [6.07, 6.45) is 10.2. The SMILES string of the molecule is CCn1cnc(S(=O)(=O)N2CCC[C@H](C(=O)NC3CCCCC3)C2)c1. The number of hydrogen-bond acceptors (Lipinski definition) is 4. The predicted octanol–water partition coefficient (Wildman–Crippen LogP) is 1.75. The van der Waals surface area contributed by atoms with Crippen LogP contribution in [0, 0.1) is 5.92 Å². The lowest BCUT2D eigenvalue weighted by Gasteiger charge is -2.32. The van der Waals surface area contributed by atoms with E-state index in [1.807, 2.05) is 6.92 Å². The van der Waals surface area contributed by atoms with Crippen molar-refractivity contribution in [2.45, 2.75) is 69.5 Å². The van der Waals surface area contributed by atoms with Crippen molar-refractivity contribution in [1.82, 2.24) is 19.2 Å². The van der Waals surface area contributed by atoms with Crippen molar-refractivity contribution in [3.63, 3.8) is 0 Å². The van der Waals surface area contributed by atoms with Gasteiger partial charge < -0.3 is 9.88 Å². The van der Waals surface area contributed by atoms with Crippen LogP contribution in [-0.4, -0.2) is 47.3 Å². The molecule has 1 atom stereocenters. The third-order valence-corrected chi connectivity index (χ3v) is 7.04. The Balaban J connectivity index is 1.64. The summed E-state index contributed by atoms with van der Waals surface area (Å²) in [6, 6.07) is 0.258. The van der Waals surface area contributed by atoms with Gasteiger partial charge in [-0.3, -0.25) is 4.79 Å². The van der Waals surface area contributed by atoms with E-state index in [1.165, 1.54) is 17.1 Å². The van der Waals surface area contributed by atoms with E-state index in [0.717, 1.165) is 32.1 Å². The minimum Gasteiger partial charge on any atom is -0.353 e. The van der Waals surface area contributed by atoms with E-state index in [1.54, 1.807) is 10.8 Å². The maximum absolute atomic E-state index is 12.8. The van der Waals surface area contributed by atoms with Gasteiger partial charge in [0.25, 0.3) is 10.0 Å². The van der Waals surface area contributed by atoms with Crippen LogP contribution in [0.1, 0.15) is 51.9 Å². The van der Waals surface area contributed by atoms with Crippen molar-refractivity contribution < 1.29 is 13.2 Å². The molecule has 140 valence electrons. The number of nitrogens with zero attached hydrogens (tertiary/aromatic N) is 3. The number of nitrogens with one attached hydrogen (secondary N) is 1. The number of piperidine rings is 1. The highest BCUT2D eigenvalue weighted by Gasteiger charge is 2.35. The molecule has 0 bridgehead atoms. The molecule has 1 aliphatic heterocycles. The van der Waals surface area contributed by atoms with Crippen molar-refractivity contribution >= 4 is 15.9 Å². The van der Waals surface area contributed by atoms with Gasteiger partial charge in [0.1, 0.15) is 0 Å². The summed E-state index contributed by atoms with van der Waals surface area (Å²) in [4.78, 5) is 16.6. The Morgan fingerprint density at radius 3 is 2.68 bits per heavy atom. The monoisotopic (exact) mass is 368 g/mol. The number of imidazole rings is 1. The smallest absolute Gasteiger partial charge is 0.262 e. The average molecular weight is 369 g/mol. The predicted molar refractivity (Wildman–Crippen MR) is 94.4 cm³/mol. The summed E-state index contributed by atoms with van der Waals surface area (Å²) in [6.45, 7) is 3.31. The van der Waals surface area contributed by atoms with Crippen LogP contribution >= 0.6 is 0 Å². The first-order chi connectivity index (χ1) is 12.0. The van der Waals surface area contributed by atoms with Crippen LogP contribution in [0.5, 0.6) is 0 Å². The number of carbonyl (C=O) groups excluding carboxylic acids is 1. The first-order valence-electron chi connectivity index (χ1n) is 9.33. The first kappa shape index (κ1) is 18.4. The molecule has 2 fully saturated rings. The maximum atomic E-state index is 12.8. The Hall–Kier alpha value is -1.41. The van der Waals surface area contributed by atoms with Gasteiger partial charge >= 0.3 is 0 Å². The molecule has 8 heteroatoms. The lowest BCUT2D eigenvalue weighted by molar-refractivity contribution is -0.127. The minimum absolute atomic E-state index is 0.00545. The van der Waals surface area contributed by atoms with Gasteiger partial charge in [-0.25, -0.2) is 13.4 Å². The molecule has 0 aromatic carbocycles. The summed E-state index contributed by atoms with van der Waals surface area (Å²) in [7, 11) is -3.63. The molecule has 1 aromatic heterocycles. The van der Waals surface area contributed by atoms with Gasteiger partial charge in [-0.2, -0.15) is 4.31 Å². The van der Waals surface area contributed by atoms with E-state index in [0.29, 0.717) is 19.5 Å². The van der Waals surface area contributed by atoms with Crippen LogP contribution in [0.25, 0.3) is 0 Å². The molecule has 7 nitrogen and oxygen atoms in total. The highest BCUT2D eigenvalue weighted by molar-refractivity contribution is 7.89. The summed E-state index contributed by atoms with van der Waals surface area (Å²) < 4.78 is 28.7. The van der Waals surface area contributed by atoms with Gasteiger partial charge in [0.05, 0.1) is 12.2 Å². The van der Waals surface area contributed by atoms with E-state index < -0.39 is 10.0 Å². The molecule has 25 heavy (non-hydrogen) atoms. The van der Waals surface area contributed by atoms with Crippen LogP contribution in [0.15, 0.2) is 17.6 Å². The van der Waals surface area contributed by atoms with Crippen LogP contribution in [0.3, 0.4) is 0 Å². The van der Waals surface area contributed by atoms with Gasteiger partial charge in [-0.1, -0.05) is 19.3 Å². The van der Waals surface area contributed by atoms with Crippen LogP contribution in [0.2, 0.25) is 0 Å². The molecule has 3 rings (SSSR count). The molecule has 2 aliphatic rings. The Morgan fingerprint density at radius 1 is 1.24 bits per heavy atom. The summed E-state index contributed by atoms with van der Waals surface area (Å²) in [5.41, 5.74) is 0. The van der Waals surface area contributed by atoms with Crippen molar-refractivity contribution in [3.05, 3.63) is 12.5 Å². The largest absolute Gasteiger partial charge is 0.353 e. The minimum atomic E-state index is -3.63. The standard InChI is InChI=1S/C17H28N4O3S/c1-2-20-12-16(18-13-20)25(23,24)21-10-6-7-14(11-21)17(22)19-15-8-4-3-5-9-15/h12-15H,2-11H2,1H3,(H,19,22)/t14-/m0/s1. The Labute approximate surface area is 149 Å². The Morgan fingerprint density at radius 2 is 2.00 bits per heavy atom. The molecule has 1 amide bonds. The second-order valence-electron chi connectivity index (χ2n) is 7.09. The molecule has 1 aromatic rings. The normalized spacial score (nSPS) is 23.5. The van der Waals surface area contributed by atoms with E-state index in [4.69, 9.17) is 0 Å². The molecule has 0 unspecified atom stereocenters. The molecule has 0 spiro atoms. The Kier molecular flexibility index (Phi) is 5.78. The number of amides is 1. The third-order valence-electron chi connectivity index (χ3n) is 5.29. The molecule has 1 N–H and O–H groups in total. The van der Waals surface area contributed by atoms with Crippen molar-refractivity contribution in [3.8, 4) is 0 Å². The van der Waals surface area contributed by atoms with Gasteiger partial charge in [-0.15, -0.1) is 0 Å². The maximum Gasteiger partial charge on any atom is 0.262 e. The lowest BCUT2D eigenvalue weighted by atomic mass is 9.93. The van der Waals surface area contributed by atoms with E-state index in [-0.39, 0.29) is 29.4 Å². The quantitative estimate of drug-likeness (QED) is 0.858. The van der Waals surface area contributed by atoms with E-state index >= 15 is 0 Å². The second kappa shape index (κ2) is 7.86. The number of sulfonamides is 1. The number of aromatic nitrogens is 2. The third kappa shape index (κ3) is 4.23. The molecule has 2 heterocycles. The van der Waals surface area contributed by atoms with Crippen molar-refractivity contribution in [2.75, 3.05) is 13.1 Å². The second-order valence-corrected chi connectivity index (χ2v) is 8.97. The van der Waals surface area contributed by atoms with E-state index in [9.17, 15) is 13.2 Å². The Bertz CT molecular complexity index is 695. The fraction of sp³-hybridized carbons (Fsp3) is 0.765. The van der Waals surface area contributed by atoms with Crippen molar-refractivity contribution in [1.29, 1.82) is 0 Å². The zero-order valence-electron chi connectivity index (χ0n) is 14.9. The van der Waals surface area contributed by atoms with Gasteiger partial charge in [0, 0.05) is 31.9 Å². The lowest BCUT2D eigenvalue weighted by Crippen LogP contribution is -2.47. The molecule has 0 radical (unpaired) electrons.